The standard InChI is InChI=1S/C18H20FN/c19-16-10-11-18(20)17(12-16)15-8-6-14(7-9-15)13-4-2-1-3-5-13/h6-13H,1-5,20H2. The number of benzene rings is 2. The fraction of sp³-hybridized carbons (Fsp3) is 0.333. The lowest BCUT2D eigenvalue weighted by molar-refractivity contribution is 0.443. The van der Waals surface area contributed by atoms with Gasteiger partial charge >= 0.3 is 0 Å². The Morgan fingerprint density at radius 3 is 2.30 bits per heavy atom. The van der Waals surface area contributed by atoms with Crippen molar-refractivity contribution in [2.24, 2.45) is 0 Å². The molecule has 1 fully saturated rings. The van der Waals surface area contributed by atoms with Gasteiger partial charge in [0.2, 0.25) is 0 Å². The molecule has 0 radical (unpaired) electrons. The van der Waals surface area contributed by atoms with Crippen LogP contribution in [0, 0.1) is 5.82 Å². The smallest absolute Gasteiger partial charge is 0.123 e. The summed E-state index contributed by atoms with van der Waals surface area (Å²) in [6.07, 6.45) is 6.63. The molecule has 1 nitrogen and oxygen atoms in total. The zero-order chi connectivity index (χ0) is 13.9. The Hall–Kier alpha value is -1.83. The molecule has 3 rings (SSSR count). The van der Waals surface area contributed by atoms with Gasteiger partial charge in [0.05, 0.1) is 0 Å². The first-order valence-electron chi connectivity index (χ1n) is 7.39. The quantitative estimate of drug-likeness (QED) is 0.752. The van der Waals surface area contributed by atoms with Gasteiger partial charge in [-0.2, -0.15) is 0 Å². The highest BCUT2D eigenvalue weighted by Gasteiger charge is 2.15. The van der Waals surface area contributed by atoms with Crippen LogP contribution in [-0.4, -0.2) is 0 Å². The molecule has 0 bridgehead atoms. The normalized spacial score (nSPS) is 16.2. The predicted molar refractivity (Wildman–Crippen MR) is 82.1 cm³/mol. The average molecular weight is 269 g/mol. The number of nitrogens with two attached hydrogens (primary N) is 1. The van der Waals surface area contributed by atoms with Crippen LogP contribution in [0.15, 0.2) is 42.5 Å². The summed E-state index contributed by atoms with van der Waals surface area (Å²) in [4.78, 5) is 0. The number of hydrogen-bond acceptors (Lipinski definition) is 1. The lowest BCUT2D eigenvalue weighted by atomic mass is 9.83. The van der Waals surface area contributed by atoms with Crippen molar-refractivity contribution in [3.63, 3.8) is 0 Å². The van der Waals surface area contributed by atoms with E-state index in [1.54, 1.807) is 6.07 Å². The molecule has 2 aromatic rings. The van der Waals surface area contributed by atoms with Gasteiger partial charge in [0.15, 0.2) is 0 Å². The maximum absolute atomic E-state index is 13.3. The summed E-state index contributed by atoms with van der Waals surface area (Å²) in [6, 6.07) is 13.0. The molecule has 0 unspecified atom stereocenters. The van der Waals surface area contributed by atoms with Crippen molar-refractivity contribution < 1.29 is 4.39 Å². The van der Waals surface area contributed by atoms with Gasteiger partial charge < -0.3 is 5.73 Å². The van der Waals surface area contributed by atoms with Crippen LogP contribution >= 0.6 is 0 Å². The van der Waals surface area contributed by atoms with E-state index >= 15 is 0 Å². The molecule has 0 atom stereocenters. The van der Waals surface area contributed by atoms with Gasteiger partial charge in [0, 0.05) is 11.3 Å². The lowest BCUT2D eigenvalue weighted by Gasteiger charge is -2.22. The molecule has 1 aliphatic rings. The number of halogens is 1. The van der Waals surface area contributed by atoms with E-state index in [1.165, 1.54) is 49.8 Å². The van der Waals surface area contributed by atoms with E-state index in [-0.39, 0.29) is 5.82 Å². The van der Waals surface area contributed by atoms with Crippen LogP contribution in [0.25, 0.3) is 11.1 Å². The zero-order valence-electron chi connectivity index (χ0n) is 11.6. The fourth-order valence-corrected chi connectivity index (χ4v) is 3.15. The molecule has 0 aromatic heterocycles. The molecule has 1 aliphatic carbocycles. The Morgan fingerprint density at radius 1 is 0.900 bits per heavy atom. The summed E-state index contributed by atoms with van der Waals surface area (Å²) >= 11 is 0. The van der Waals surface area contributed by atoms with Crippen LogP contribution in [0.3, 0.4) is 0 Å². The lowest BCUT2D eigenvalue weighted by Crippen LogP contribution is -2.04. The molecule has 2 aromatic carbocycles. The van der Waals surface area contributed by atoms with Gasteiger partial charge in [0.25, 0.3) is 0 Å². The minimum absolute atomic E-state index is 0.245. The van der Waals surface area contributed by atoms with Gasteiger partial charge in [-0.3, -0.25) is 0 Å². The number of hydrogen-bond donors (Lipinski definition) is 1. The van der Waals surface area contributed by atoms with Crippen LogP contribution in [0.2, 0.25) is 0 Å². The van der Waals surface area contributed by atoms with Crippen LogP contribution in [0.5, 0.6) is 0 Å². The summed E-state index contributed by atoms with van der Waals surface area (Å²) in [5, 5.41) is 0. The third-order valence-electron chi connectivity index (χ3n) is 4.31. The Balaban J connectivity index is 1.87. The topological polar surface area (TPSA) is 26.0 Å². The van der Waals surface area contributed by atoms with Crippen molar-refractivity contribution in [2.45, 2.75) is 38.0 Å². The molecular weight excluding hydrogens is 249 g/mol. The maximum Gasteiger partial charge on any atom is 0.123 e. The van der Waals surface area contributed by atoms with E-state index in [0.717, 1.165) is 11.1 Å². The summed E-state index contributed by atoms with van der Waals surface area (Å²) in [5.41, 5.74) is 9.73. The van der Waals surface area contributed by atoms with E-state index in [2.05, 4.69) is 24.3 Å². The largest absolute Gasteiger partial charge is 0.398 e. The second-order valence-electron chi connectivity index (χ2n) is 5.69. The predicted octanol–water partition coefficient (Wildman–Crippen LogP) is 5.12. The van der Waals surface area contributed by atoms with Gasteiger partial charge in [-0.15, -0.1) is 0 Å². The summed E-state index contributed by atoms with van der Waals surface area (Å²) < 4.78 is 13.3. The van der Waals surface area contributed by atoms with E-state index in [0.29, 0.717) is 11.6 Å². The minimum atomic E-state index is -0.245. The van der Waals surface area contributed by atoms with Crippen molar-refractivity contribution in [1.29, 1.82) is 0 Å². The van der Waals surface area contributed by atoms with Gasteiger partial charge in [-0.1, -0.05) is 43.5 Å². The van der Waals surface area contributed by atoms with Crippen LogP contribution in [-0.2, 0) is 0 Å². The second-order valence-corrected chi connectivity index (χ2v) is 5.69. The van der Waals surface area contributed by atoms with Crippen LogP contribution < -0.4 is 5.73 Å². The highest BCUT2D eigenvalue weighted by molar-refractivity contribution is 5.76. The van der Waals surface area contributed by atoms with Crippen molar-refractivity contribution in [3.05, 3.63) is 53.8 Å². The van der Waals surface area contributed by atoms with Crippen molar-refractivity contribution in [3.8, 4) is 11.1 Å². The Morgan fingerprint density at radius 2 is 1.60 bits per heavy atom. The average Bonchev–Trinajstić information content (AvgIpc) is 2.51. The molecule has 1 saturated carbocycles. The van der Waals surface area contributed by atoms with E-state index < -0.39 is 0 Å². The van der Waals surface area contributed by atoms with Gasteiger partial charge in [0.1, 0.15) is 5.82 Å². The highest BCUT2D eigenvalue weighted by atomic mass is 19.1. The highest BCUT2D eigenvalue weighted by Crippen LogP contribution is 2.34. The number of anilines is 1. The van der Waals surface area contributed by atoms with Crippen molar-refractivity contribution in [2.75, 3.05) is 5.73 Å². The first-order chi connectivity index (χ1) is 9.74. The second kappa shape index (κ2) is 5.66. The molecule has 0 saturated heterocycles. The summed E-state index contributed by atoms with van der Waals surface area (Å²) in [7, 11) is 0. The Kier molecular flexibility index (Phi) is 3.72. The third kappa shape index (κ3) is 2.69. The van der Waals surface area contributed by atoms with Gasteiger partial charge in [-0.05, 0) is 48.1 Å². The van der Waals surface area contributed by atoms with E-state index in [9.17, 15) is 4.39 Å². The monoisotopic (exact) mass is 269 g/mol. The molecule has 0 aliphatic heterocycles. The molecule has 20 heavy (non-hydrogen) atoms. The number of rotatable bonds is 2. The van der Waals surface area contributed by atoms with Crippen LogP contribution in [0.1, 0.15) is 43.6 Å². The molecule has 0 spiro atoms. The number of nitrogen functional groups attached to an aromatic ring is 1. The molecule has 104 valence electrons. The summed E-state index contributed by atoms with van der Waals surface area (Å²) in [6.45, 7) is 0. The van der Waals surface area contributed by atoms with Gasteiger partial charge in [-0.25, -0.2) is 4.39 Å². The third-order valence-corrected chi connectivity index (χ3v) is 4.31. The van der Waals surface area contributed by atoms with Crippen molar-refractivity contribution in [1.82, 2.24) is 0 Å². The van der Waals surface area contributed by atoms with Crippen LogP contribution in [0.4, 0.5) is 10.1 Å². The molecule has 0 heterocycles. The molecule has 2 N–H and O–H groups in total. The van der Waals surface area contributed by atoms with E-state index in [4.69, 9.17) is 5.73 Å². The Bertz CT molecular complexity index is 583. The minimum Gasteiger partial charge on any atom is -0.398 e. The summed E-state index contributed by atoms with van der Waals surface area (Å²) in [5.74, 6) is 0.452. The molecular formula is C18H20FN. The zero-order valence-corrected chi connectivity index (χ0v) is 11.6. The molecule has 2 heteroatoms. The first kappa shape index (κ1) is 13.2. The first-order valence-corrected chi connectivity index (χ1v) is 7.39. The SMILES string of the molecule is Nc1ccc(F)cc1-c1ccc(C2CCCCC2)cc1. The Labute approximate surface area is 119 Å². The van der Waals surface area contributed by atoms with E-state index in [1.807, 2.05) is 0 Å². The molecule has 0 amide bonds. The fourth-order valence-electron chi connectivity index (χ4n) is 3.15. The van der Waals surface area contributed by atoms with Crippen molar-refractivity contribution >= 4 is 5.69 Å². The maximum atomic E-state index is 13.3.